The number of nitrogens with one attached hydrogen (secondary N) is 1. The van der Waals surface area contributed by atoms with E-state index in [1.807, 2.05) is 24.6 Å². The number of nitrogens with two attached hydrogens (primary N) is 1. The van der Waals surface area contributed by atoms with Gasteiger partial charge >= 0.3 is 0 Å². The summed E-state index contributed by atoms with van der Waals surface area (Å²) in [6, 6.07) is 6.72. The van der Waals surface area contributed by atoms with Crippen LogP contribution >= 0.6 is 15.9 Å². The van der Waals surface area contributed by atoms with Crippen LogP contribution in [0.3, 0.4) is 0 Å². The zero-order valence-corrected chi connectivity index (χ0v) is 13.1. The lowest BCUT2D eigenvalue weighted by atomic mass is 10.0. The molecule has 1 heterocycles. The lowest BCUT2D eigenvalue weighted by molar-refractivity contribution is 0.513. The van der Waals surface area contributed by atoms with Crippen LogP contribution in [-0.2, 0) is 13.0 Å². The maximum absolute atomic E-state index is 14.3. The fourth-order valence-corrected chi connectivity index (χ4v) is 2.60. The van der Waals surface area contributed by atoms with Crippen molar-refractivity contribution in [1.82, 2.24) is 15.2 Å². The summed E-state index contributed by atoms with van der Waals surface area (Å²) in [5.41, 5.74) is 5.03. The maximum Gasteiger partial charge on any atom is 0.142 e. The quantitative estimate of drug-likeness (QED) is 0.649. The van der Waals surface area contributed by atoms with Gasteiger partial charge in [0.2, 0.25) is 0 Å². The molecule has 0 fully saturated rings. The molecule has 108 valence electrons. The van der Waals surface area contributed by atoms with Crippen molar-refractivity contribution in [3.8, 4) is 0 Å². The van der Waals surface area contributed by atoms with Crippen molar-refractivity contribution in [2.45, 2.75) is 32.9 Å². The van der Waals surface area contributed by atoms with Crippen molar-refractivity contribution in [3.05, 3.63) is 51.5 Å². The Hall–Kier alpha value is -1.24. The first-order valence-electron chi connectivity index (χ1n) is 6.59. The summed E-state index contributed by atoms with van der Waals surface area (Å²) in [4.78, 5) is 0. The third-order valence-electron chi connectivity index (χ3n) is 3.28. The van der Waals surface area contributed by atoms with Gasteiger partial charge in [-0.1, -0.05) is 19.1 Å². The van der Waals surface area contributed by atoms with Crippen LogP contribution in [0.2, 0.25) is 0 Å². The van der Waals surface area contributed by atoms with Crippen LogP contribution in [0.1, 0.15) is 36.8 Å². The fourth-order valence-electron chi connectivity index (χ4n) is 2.22. The first-order valence-corrected chi connectivity index (χ1v) is 7.38. The molecule has 20 heavy (non-hydrogen) atoms. The van der Waals surface area contributed by atoms with Crippen LogP contribution < -0.4 is 11.3 Å². The maximum atomic E-state index is 14.3. The molecule has 0 amide bonds. The zero-order valence-electron chi connectivity index (χ0n) is 11.5. The molecule has 1 aromatic carbocycles. The molecule has 0 aliphatic carbocycles. The van der Waals surface area contributed by atoms with Gasteiger partial charge in [-0.25, -0.2) is 9.82 Å². The molecule has 1 atom stereocenters. The van der Waals surface area contributed by atoms with Crippen molar-refractivity contribution in [2.24, 2.45) is 5.84 Å². The average molecular weight is 341 g/mol. The summed E-state index contributed by atoms with van der Waals surface area (Å²) in [6.07, 6.45) is 0.832. The molecule has 0 bridgehead atoms. The van der Waals surface area contributed by atoms with E-state index in [4.69, 9.17) is 5.84 Å². The number of nitrogens with zero attached hydrogens (tertiary/aromatic N) is 2. The SMILES string of the molecule is CCc1cc(C(NN)c2cccc(Br)c2F)n(CC)n1. The van der Waals surface area contributed by atoms with E-state index in [0.29, 0.717) is 16.6 Å². The Labute approximate surface area is 126 Å². The molecule has 3 N–H and O–H groups in total. The minimum Gasteiger partial charge on any atom is -0.271 e. The second-order valence-corrected chi connectivity index (χ2v) is 5.33. The third kappa shape index (κ3) is 2.77. The summed E-state index contributed by atoms with van der Waals surface area (Å²) in [7, 11) is 0. The standard InChI is InChI=1S/C14H18BrFN4/c1-3-9-8-12(20(4-2)19-9)14(18-17)10-6-5-7-11(15)13(10)16/h5-8,14,18H,3-4,17H2,1-2H3. The van der Waals surface area contributed by atoms with Gasteiger partial charge in [0.25, 0.3) is 0 Å². The van der Waals surface area contributed by atoms with Gasteiger partial charge in [-0.3, -0.25) is 10.5 Å². The highest BCUT2D eigenvalue weighted by Gasteiger charge is 2.22. The Balaban J connectivity index is 2.52. The van der Waals surface area contributed by atoms with Gasteiger partial charge in [0, 0.05) is 12.1 Å². The number of hydrogen-bond donors (Lipinski definition) is 2. The molecule has 1 aromatic heterocycles. The largest absolute Gasteiger partial charge is 0.271 e. The Morgan fingerprint density at radius 2 is 2.20 bits per heavy atom. The molecule has 2 aromatic rings. The van der Waals surface area contributed by atoms with Crippen LogP contribution in [0.4, 0.5) is 4.39 Å². The number of hydrazine groups is 1. The number of aryl methyl sites for hydroxylation is 2. The highest BCUT2D eigenvalue weighted by atomic mass is 79.9. The Bertz CT molecular complexity index is 597. The molecule has 6 heteroatoms. The lowest BCUT2D eigenvalue weighted by Gasteiger charge is -2.18. The van der Waals surface area contributed by atoms with Gasteiger partial charge in [-0.2, -0.15) is 5.10 Å². The number of halogens is 2. The summed E-state index contributed by atoms with van der Waals surface area (Å²) in [5.74, 6) is 5.35. The van der Waals surface area contributed by atoms with Crippen molar-refractivity contribution in [2.75, 3.05) is 0 Å². The van der Waals surface area contributed by atoms with Gasteiger partial charge in [-0.05, 0) is 41.4 Å². The predicted octanol–water partition coefficient (Wildman–Crippen LogP) is 2.92. The minimum absolute atomic E-state index is 0.308. The Kier molecular flexibility index (Phi) is 4.91. The monoisotopic (exact) mass is 340 g/mol. The molecule has 0 saturated carbocycles. The summed E-state index contributed by atoms with van der Waals surface area (Å²) in [6.45, 7) is 4.75. The van der Waals surface area contributed by atoms with Crippen LogP contribution in [-0.4, -0.2) is 9.78 Å². The van der Waals surface area contributed by atoms with Crippen molar-refractivity contribution >= 4 is 15.9 Å². The van der Waals surface area contributed by atoms with Gasteiger partial charge < -0.3 is 0 Å². The predicted molar refractivity (Wildman–Crippen MR) is 80.5 cm³/mol. The molecule has 1 unspecified atom stereocenters. The highest BCUT2D eigenvalue weighted by Crippen LogP contribution is 2.28. The smallest absolute Gasteiger partial charge is 0.142 e. The van der Waals surface area contributed by atoms with E-state index in [0.717, 1.165) is 17.8 Å². The highest BCUT2D eigenvalue weighted by molar-refractivity contribution is 9.10. The summed E-state index contributed by atoms with van der Waals surface area (Å²) >= 11 is 3.20. The zero-order chi connectivity index (χ0) is 14.7. The van der Waals surface area contributed by atoms with Gasteiger partial charge in [0.15, 0.2) is 0 Å². The molecule has 0 saturated heterocycles. The van der Waals surface area contributed by atoms with Crippen molar-refractivity contribution < 1.29 is 4.39 Å². The van der Waals surface area contributed by atoms with Crippen molar-refractivity contribution in [1.29, 1.82) is 0 Å². The molecule has 4 nitrogen and oxygen atoms in total. The number of benzene rings is 1. The molecular weight excluding hydrogens is 323 g/mol. The van der Waals surface area contributed by atoms with E-state index >= 15 is 0 Å². The Morgan fingerprint density at radius 3 is 2.80 bits per heavy atom. The van der Waals surface area contributed by atoms with E-state index in [9.17, 15) is 4.39 Å². The minimum atomic E-state index is -0.430. The Morgan fingerprint density at radius 1 is 1.45 bits per heavy atom. The number of rotatable bonds is 5. The fraction of sp³-hybridized carbons (Fsp3) is 0.357. The van der Waals surface area contributed by atoms with Crippen LogP contribution in [0.15, 0.2) is 28.7 Å². The van der Waals surface area contributed by atoms with Crippen LogP contribution in [0.5, 0.6) is 0 Å². The normalized spacial score (nSPS) is 12.7. The number of hydrogen-bond acceptors (Lipinski definition) is 3. The summed E-state index contributed by atoms with van der Waals surface area (Å²) < 4.78 is 16.6. The third-order valence-corrected chi connectivity index (χ3v) is 3.89. The molecular formula is C14H18BrFN4. The van der Waals surface area contributed by atoms with E-state index < -0.39 is 6.04 Å². The topological polar surface area (TPSA) is 55.9 Å². The lowest BCUT2D eigenvalue weighted by Crippen LogP contribution is -2.31. The molecule has 0 spiro atoms. The van der Waals surface area contributed by atoms with Crippen LogP contribution in [0, 0.1) is 5.82 Å². The van der Waals surface area contributed by atoms with Gasteiger partial charge in [0.05, 0.1) is 21.9 Å². The molecule has 0 aliphatic rings. The van der Waals surface area contributed by atoms with Crippen molar-refractivity contribution in [3.63, 3.8) is 0 Å². The molecule has 0 radical (unpaired) electrons. The average Bonchev–Trinajstić information content (AvgIpc) is 2.87. The second-order valence-electron chi connectivity index (χ2n) is 4.47. The number of aromatic nitrogens is 2. The van der Waals surface area contributed by atoms with E-state index in [1.54, 1.807) is 18.2 Å². The van der Waals surface area contributed by atoms with E-state index in [2.05, 4.69) is 26.5 Å². The van der Waals surface area contributed by atoms with Crippen LogP contribution in [0.25, 0.3) is 0 Å². The first kappa shape index (κ1) is 15.2. The second kappa shape index (κ2) is 6.47. The molecule has 0 aliphatic heterocycles. The van der Waals surface area contributed by atoms with E-state index in [1.165, 1.54) is 0 Å². The van der Waals surface area contributed by atoms with Gasteiger partial charge in [0.1, 0.15) is 5.82 Å². The summed E-state index contributed by atoms with van der Waals surface area (Å²) in [5, 5.41) is 4.48. The first-order chi connectivity index (χ1) is 9.62. The van der Waals surface area contributed by atoms with E-state index in [-0.39, 0.29) is 5.82 Å². The van der Waals surface area contributed by atoms with Gasteiger partial charge in [-0.15, -0.1) is 0 Å². The molecule has 2 rings (SSSR count).